The molecule has 1 heterocycles. The lowest BCUT2D eigenvalue weighted by Gasteiger charge is -2.05. The number of hydrogen-bond donors (Lipinski definition) is 0. The van der Waals surface area contributed by atoms with E-state index in [4.69, 9.17) is 23.2 Å². The maximum absolute atomic E-state index is 5.99. The van der Waals surface area contributed by atoms with Gasteiger partial charge in [-0.15, -0.1) is 0 Å². The van der Waals surface area contributed by atoms with Gasteiger partial charge in [-0.2, -0.15) is 0 Å². The van der Waals surface area contributed by atoms with E-state index in [2.05, 4.69) is 11.9 Å². The van der Waals surface area contributed by atoms with E-state index in [1.165, 1.54) is 5.56 Å². The Morgan fingerprint density at radius 3 is 2.71 bits per heavy atom. The Bertz CT molecular complexity index is 480. The molecule has 0 bridgehead atoms. The first-order chi connectivity index (χ1) is 6.72. The average Bonchev–Trinajstić information content (AvgIpc) is 2.19. The van der Waals surface area contributed by atoms with Crippen molar-refractivity contribution in [3.8, 4) is 0 Å². The predicted octanol–water partition coefficient (Wildman–Crippen LogP) is 4.10. The second-order valence-electron chi connectivity index (χ2n) is 3.12. The Labute approximate surface area is 92.7 Å². The Morgan fingerprint density at radius 2 is 2.00 bits per heavy atom. The summed E-state index contributed by atoms with van der Waals surface area (Å²) >= 11 is 11.9. The smallest absolute Gasteiger partial charge is 0.136 e. The summed E-state index contributed by atoms with van der Waals surface area (Å²) in [6.45, 7) is 2.10. The van der Waals surface area contributed by atoms with E-state index in [0.717, 1.165) is 17.2 Å². The summed E-state index contributed by atoms with van der Waals surface area (Å²) in [5.41, 5.74) is 1.20. The van der Waals surface area contributed by atoms with Gasteiger partial charge < -0.3 is 0 Å². The third-order valence-corrected chi connectivity index (χ3v) is 2.80. The van der Waals surface area contributed by atoms with Crippen LogP contribution in [0.2, 0.25) is 10.2 Å². The molecule has 1 aromatic carbocycles. The summed E-state index contributed by atoms with van der Waals surface area (Å²) in [5, 5.41) is 3.27. The zero-order valence-corrected chi connectivity index (χ0v) is 9.23. The topological polar surface area (TPSA) is 12.9 Å². The molecule has 0 unspecified atom stereocenters. The molecular formula is C11H9Cl2N. The molecule has 3 heteroatoms. The van der Waals surface area contributed by atoms with Crippen LogP contribution >= 0.6 is 23.2 Å². The van der Waals surface area contributed by atoms with E-state index in [1.54, 1.807) is 0 Å². The van der Waals surface area contributed by atoms with Crippen LogP contribution in [-0.2, 0) is 6.42 Å². The summed E-state index contributed by atoms with van der Waals surface area (Å²) in [6, 6.07) is 5.72. The highest BCUT2D eigenvalue weighted by Crippen LogP contribution is 2.27. The first kappa shape index (κ1) is 9.75. The third kappa shape index (κ3) is 1.58. The number of aryl methyl sites for hydroxylation is 1. The van der Waals surface area contributed by atoms with Crippen LogP contribution in [0.15, 0.2) is 24.4 Å². The van der Waals surface area contributed by atoms with Crippen molar-refractivity contribution in [1.82, 2.24) is 4.98 Å². The largest absolute Gasteiger partial charge is 0.244 e. The molecule has 72 valence electrons. The van der Waals surface area contributed by atoms with E-state index in [9.17, 15) is 0 Å². The molecular weight excluding hydrogens is 217 g/mol. The third-order valence-electron chi connectivity index (χ3n) is 2.26. The molecule has 14 heavy (non-hydrogen) atoms. The van der Waals surface area contributed by atoms with Crippen LogP contribution in [0.4, 0.5) is 0 Å². The van der Waals surface area contributed by atoms with Crippen molar-refractivity contribution in [2.24, 2.45) is 0 Å². The molecule has 0 atom stereocenters. The molecule has 0 aliphatic heterocycles. The molecule has 0 aliphatic carbocycles. The minimum absolute atomic E-state index is 0.514. The fourth-order valence-corrected chi connectivity index (χ4v) is 1.90. The van der Waals surface area contributed by atoms with Crippen molar-refractivity contribution in [1.29, 1.82) is 0 Å². The molecule has 1 aromatic heterocycles. The minimum atomic E-state index is 0.514. The van der Waals surface area contributed by atoms with Gasteiger partial charge in [0, 0.05) is 16.6 Å². The van der Waals surface area contributed by atoms with Crippen LogP contribution in [0.5, 0.6) is 0 Å². The predicted molar refractivity (Wildman–Crippen MR) is 61.1 cm³/mol. The Morgan fingerprint density at radius 1 is 1.21 bits per heavy atom. The van der Waals surface area contributed by atoms with Crippen molar-refractivity contribution < 1.29 is 0 Å². The number of aromatic nitrogens is 1. The molecule has 2 aromatic rings. The standard InChI is InChI=1S/C11H9Cl2N/c1-2-7-6-14-11(13)10-5-8(12)3-4-9(7)10/h3-6H,2H2,1H3. The van der Waals surface area contributed by atoms with Gasteiger partial charge in [0.2, 0.25) is 0 Å². The number of rotatable bonds is 1. The number of hydrogen-bond acceptors (Lipinski definition) is 1. The van der Waals surface area contributed by atoms with Crippen LogP contribution in [0.3, 0.4) is 0 Å². The molecule has 0 aliphatic rings. The minimum Gasteiger partial charge on any atom is -0.244 e. The lowest BCUT2D eigenvalue weighted by atomic mass is 10.1. The molecule has 0 N–H and O–H groups in total. The monoisotopic (exact) mass is 225 g/mol. The SMILES string of the molecule is CCc1cnc(Cl)c2cc(Cl)ccc12. The molecule has 1 nitrogen and oxygen atoms in total. The first-order valence-electron chi connectivity index (χ1n) is 4.45. The van der Waals surface area contributed by atoms with Crippen molar-refractivity contribution in [2.75, 3.05) is 0 Å². The van der Waals surface area contributed by atoms with Crippen molar-refractivity contribution in [3.63, 3.8) is 0 Å². The Hall–Kier alpha value is -0.790. The van der Waals surface area contributed by atoms with E-state index in [1.807, 2.05) is 24.4 Å². The lowest BCUT2D eigenvalue weighted by molar-refractivity contribution is 1.13. The summed E-state index contributed by atoms with van der Waals surface area (Å²) < 4.78 is 0. The van der Waals surface area contributed by atoms with Crippen LogP contribution in [0, 0.1) is 0 Å². The van der Waals surface area contributed by atoms with Crippen LogP contribution in [-0.4, -0.2) is 4.98 Å². The average molecular weight is 226 g/mol. The lowest BCUT2D eigenvalue weighted by Crippen LogP contribution is -1.87. The van der Waals surface area contributed by atoms with Gasteiger partial charge in [0.1, 0.15) is 5.15 Å². The fraction of sp³-hybridized carbons (Fsp3) is 0.182. The number of halogens is 2. The van der Waals surface area contributed by atoms with Crippen LogP contribution < -0.4 is 0 Å². The number of nitrogens with zero attached hydrogens (tertiary/aromatic N) is 1. The van der Waals surface area contributed by atoms with Gasteiger partial charge >= 0.3 is 0 Å². The summed E-state index contributed by atoms with van der Waals surface area (Å²) in [7, 11) is 0. The van der Waals surface area contributed by atoms with Gasteiger partial charge in [-0.1, -0.05) is 36.2 Å². The number of pyridine rings is 1. The highest BCUT2D eigenvalue weighted by molar-refractivity contribution is 6.36. The van der Waals surface area contributed by atoms with E-state index in [0.29, 0.717) is 10.2 Å². The van der Waals surface area contributed by atoms with E-state index < -0.39 is 0 Å². The molecule has 0 saturated carbocycles. The zero-order valence-electron chi connectivity index (χ0n) is 7.72. The van der Waals surface area contributed by atoms with Gasteiger partial charge in [0.05, 0.1) is 0 Å². The van der Waals surface area contributed by atoms with Crippen LogP contribution in [0.25, 0.3) is 10.8 Å². The number of benzene rings is 1. The van der Waals surface area contributed by atoms with Gasteiger partial charge in [-0.3, -0.25) is 0 Å². The Kier molecular flexibility index (Phi) is 2.62. The molecule has 0 amide bonds. The van der Waals surface area contributed by atoms with Gasteiger partial charge in [0.15, 0.2) is 0 Å². The molecule has 2 rings (SSSR count). The summed E-state index contributed by atoms with van der Waals surface area (Å²) in [5.74, 6) is 0. The maximum atomic E-state index is 5.99. The normalized spacial score (nSPS) is 10.8. The quantitative estimate of drug-likeness (QED) is 0.667. The second-order valence-corrected chi connectivity index (χ2v) is 3.91. The molecule has 0 saturated heterocycles. The van der Waals surface area contributed by atoms with E-state index >= 15 is 0 Å². The summed E-state index contributed by atoms with van der Waals surface area (Å²) in [4.78, 5) is 4.13. The highest BCUT2D eigenvalue weighted by Gasteiger charge is 2.04. The zero-order chi connectivity index (χ0) is 10.1. The summed E-state index contributed by atoms with van der Waals surface area (Å²) in [6.07, 6.45) is 2.76. The molecule has 0 spiro atoms. The second kappa shape index (κ2) is 3.76. The van der Waals surface area contributed by atoms with Crippen LogP contribution in [0.1, 0.15) is 12.5 Å². The van der Waals surface area contributed by atoms with E-state index in [-0.39, 0.29) is 0 Å². The Balaban J connectivity index is 2.84. The highest BCUT2D eigenvalue weighted by atomic mass is 35.5. The van der Waals surface area contributed by atoms with Gasteiger partial charge in [-0.05, 0) is 29.5 Å². The number of fused-ring (bicyclic) bond motifs is 1. The van der Waals surface area contributed by atoms with Crippen molar-refractivity contribution in [3.05, 3.63) is 40.1 Å². The van der Waals surface area contributed by atoms with Gasteiger partial charge in [0.25, 0.3) is 0 Å². The fourth-order valence-electron chi connectivity index (χ4n) is 1.52. The van der Waals surface area contributed by atoms with Crippen molar-refractivity contribution >= 4 is 34.0 Å². The molecule has 0 radical (unpaired) electrons. The first-order valence-corrected chi connectivity index (χ1v) is 5.20. The molecule has 0 fully saturated rings. The van der Waals surface area contributed by atoms with Gasteiger partial charge in [-0.25, -0.2) is 4.98 Å². The van der Waals surface area contributed by atoms with Crippen molar-refractivity contribution in [2.45, 2.75) is 13.3 Å². The maximum Gasteiger partial charge on any atom is 0.136 e.